The Morgan fingerprint density at radius 3 is 2.38 bits per heavy atom. The Morgan fingerprint density at radius 2 is 1.73 bits per heavy atom. The van der Waals surface area contributed by atoms with E-state index in [1.54, 1.807) is 18.2 Å². The molecular weight excluding hydrogens is 383 g/mol. The molecule has 0 atom stereocenters. The third-order valence-electron chi connectivity index (χ3n) is 3.98. The summed E-state index contributed by atoms with van der Waals surface area (Å²) < 4.78 is 34.2. The Balaban J connectivity index is 2.42. The Kier molecular flexibility index (Phi) is 5.03. The number of methoxy groups -OCH3 is 1. The molecule has 3 rings (SSSR count). The zero-order chi connectivity index (χ0) is 19.0. The molecule has 0 fully saturated rings. The number of nitrogens with zero attached hydrogens (tertiary/aromatic N) is 1. The smallest absolute Gasteiger partial charge is 0.269 e. The molecular formula is C19H13Cl2F2NO2. The summed E-state index contributed by atoms with van der Waals surface area (Å²) in [4.78, 5) is 12.3. The molecule has 1 aromatic heterocycles. The molecule has 0 amide bonds. The Bertz CT molecular complexity index is 1060. The zero-order valence-corrected chi connectivity index (χ0v) is 15.3. The number of hydrogen-bond donors (Lipinski definition) is 0. The van der Waals surface area contributed by atoms with Crippen LogP contribution >= 0.6 is 23.2 Å². The van der Waals surface area contributed by atoms with Crippen LogP contribution in [0.4, 0.5) is 8.78 Å². The van der Waals surface area contributed by atoms with Gasteiger partial charge in [0.05, 0.1) is 7.11 Å². The van der Waals surface area contributed by atoms with Crippen molar-refractivity contribution in [1.82, 2.24) is 4.57 Å². The molecule has 26 heavy (non-hydrogen) atoms. The van der Waals surface area contributed by atoms with Gasteiger partial charge in [0, 0.05) is 46.6 Å². The normalized spacial score (nSPS) is 10.8. The van der Waals surface area contributed by atoms with Gasteiger partial charge in [0.2, 0.25) is 0 Å². The second-order valence-electron chi connectivity index (χ2n) is 5.62. The van der Waals surface area contributed by atoms with E-state index in [0.29, 0.717) is 21.9 Å². The van der Waals surface area contributed by atoms with Gasteiger partial charge in [0.15, 0.2) is 0 Å². The number of benzene rings is 2. The van der Waals surface area contributed by atoms with Crippen LogP contribution in [0.5, 0.6) is 5.75 Å². The van der Waals surface area contributed by atoms with E-state index in [0.717, 1.165) is 12.1 Å². The van der Waals surface area contributed by atoms with Crippen LogP contribution in [0.15, 0.2) is 47.4 Å². The molecule has 0 spiro atoms. The van der Waals surface area contributed by atoms with Gasteiger partial charge in [-0.3, -0.25) is 4.79 Å². The first-order valence-electron chi connectivity index (χ1n) is 7.52. The number of aromatic nitrogens is 1. The standard InChI is InChI=1S/C19H13Cl2F2NO2/c1-24-9-14(13-8-11(26-2)4-6-15(13)20)17(18(21)19(24)25)12-5-3-10(22)7-16(12)23/h3-9H,1-2H3. The van der Waals surface area contributed by atoms with Crippen LogP contribution < -0.4 is 10.3 Å². The predicted octanol–water partition coefficient (Wildman–Crippen LogP) is 5.31. The largest absolute Gasteiger partial charge is 0.497 e. The monoisotopic (exact) mass is 395 g/mol. The third kappa shape index (κ3) is 3.20. The summed E-state index contributed by atoms with van der Waals surface area (Å²) in [5.41, 5.74) is 0.562. The van der Waals surface area contributed by atoms with Crippen molar-refractivity contribution in [2.24, 2.45) is 7.05 Å². The summed E-state index contributed by atoms with van der Waals surface area (Å²) in [6.45, 7) is 0. The summed E-state index contributed by atoms with van der Waals surface area (Å²) in [5.74, 6) is -1.03. The SMILES string of the molecule is COc1ccc(Cl)c(-c2cn(C)c(=O)c(Cl)c2-c2ccc(F)cc2F)c1. The second-order valence-corrected chi connectivity index (χ2v) is 6.40. The van der Waals surface area contributed by atoms with Crippen LogP contribution in [0.3, 0.4) is 0 Å². The van der Waals surface area contributed by atoms with Crippen molar-refractivity contribution in [3.05, 3.63) is 74.6 Å². The maximum atomic E-state index is 14.4. The summed E-state index contributed by atoms with van der Waals surface area (Å²) in [7, 11) is 3.03. The van der Waals surface area contributed by atoms with Crippen LogP contribution in [0, 0.1) is 11.6 Å². The fraction of sp³-hybridized carbons (Fsp3) is 0.105. The maximum absolute atomic E-state index is 14.4. The topological polar surface area (TPSA) is 31.2 Å². The number of rotatable bonds is 3. The Hall–Kier alpha value is -2.37. The molecule has 3 aromatic rings. The molecule has 2 aromatic carbocycles. The van der Waals surface area contributed by atoms with Crippen molar-refractivity contribution in [1.29, 1.82) is 0 Å². The lowest BCUT2D eigenvalue weighted by molar-refractivity contribution is 0.415. The Morgan fingerprint density at radius 1 is 1.00 bits per heavy atom. The van der Waals surface area contributed by atoms with E-state index in [1.807, 2.05) is 0 Å². The predicted molar refractivity (Wildman–Crippen MR) is 99.0 cm³/mol. The van der Waals surface area contributed by atoms with Crippen LogP contribution in [-0.4, -0.2) is 11.7 Å². The fourth-order valence-corrected chi connectivity index (χ4v) is 3.25. The van der Waals surface area contributed by atoms with Crippen LogP contribution in [0.2, 0.25) is 10.0 Å². The highest BCUT2D eigenvalue weighted by atomic mass is 35.5. The molecule has 1 heterocycles. The molecule has 0 aliphatic heterocycles. The van der Waals surface area contributed by atoms with Gasteiger partial charge in [-0.15, -0.1) is 0 Å². The van der Waals surface area contributed by atoms with Gasteiger partial charge in [-0.05, 0) is 30.3 Å². The number of ether oxygens (including phenoxy) is 1. The second kappa shape index (κ2) is 7.09. The van der Waals surface area contributed by atoms with Gasteiger partial charge >= 0.3 is 0 Å². The molecule has 0 radical (unpaired) electrons. The molecule has 0 saturated carbocycles. The van der Waals surface area contributed by atoms with Crippen molar-refractivity contribution in [3.8, 4) is 28.0 Å². The number of aryl methyl sites for hydroxylation is 1. The molecule has 7 heteroatoms. The van der Waals surface area contributed by atoms with Crippen LogP contribution in [-0.2, 0) is 7.05 Å². The van der Waals surface area contributed by atoms with Gasteiger partial charge in [-0.1, -0.05) is 23.2 Å². The third-order valence-corrected chi connectivity index (χ3v) is 4.66. The molecule has 0 unspecified atom stereocenters. The van der Waals surface area contributed by atoms with E-state index in [1.165, 1.54) is 31.0 Å². The first-order valence-corrected chi connectivity index (χ1v) is 8.27. The van der Waals surface area contributed by atoms with E-state index in [4.69, 9.17) is 27.9 Å². The zero-order valence-electron chi connectivity index (χ0n) is 13.8. The molecule has 0 aliphatic carbocycles. The lowest BCUT2D eigenvalue weighted by atomic mass is 9.95. The average molecular weight is 396 g/mol. The van der Waals surface area contributed by atoms with Crippen molar-refractivity contribution in [2.45, 2.75) is 0 Å². The Labute approximate surface area is 158 Å². The maximum Gasteiger partial charge on any atom is 0.269 e. The van der Waals surface area contributed by atoms with E-state index < -0.39 is 17.2 Å². The molecule has 0 bridgehead atoms. The van der Waals surface area contributed by atoms with E-state index in [-0.39, 0.29) is 16.1 Å². The van der Waals surface area contributed by atoms with Crippen molar-refractivity contribution >= 4 is 23.2 Å². The number of hydrogen-bond acceptors (Lipinski definition) is 2. The van der Waals surface area contributed by atoms with E-state index >= 15 is 0 Å². The van der Waals surface area contributed by atoms with Gasteiger partial charge in [0.25, 0.3) is 5.56 Å². The molecule has 0 N–H and O–H groups in total. The van der Waals surface area contributed by atoms with Crippen LogP contribution in [0.1, 0.15) is 0 Å². The van der Waals surface area contributed by atoms with Gasteiger partial charge in [-0.2, -0.15) is 0 Å². The summed E-state index contributed by atoms with van der Waals surface area (Å²) in [6, 6.07) is 8.03. The minimum atomic E-state index is -0.833. The number of pyridine rings is 1. The lowest BCUT2D eigenvalue weighted by Crippen LogP contribution is -2.18. The van der Waals surface area contributed by atoms with Gasteiger partial charge < -0.3 is 9.30 Å². The number of halogens is 4. The highest BCUT2D eigenvalue weighted by Gasteiger charge is 2.21. The minimum absolute atomic E-state index is 0.00277. The summed E-state index contributed by atoms with van der Waals surface area (Å²) in [6.07, 6.45) is 1.51. The molecule has 3 nitrogen and oxygen atoms in total. The molecule has 134 valence electrons. The highest BCUT2D eigenvalue weighted by molar-refractivity contribution is 6.35. The van der Waals surface area contributed by atoms with Crippen molar-refractivity contribution in [3.63, 3.8) is 0 Å². The first kappa shape index (κ1) is 18.4. The minimum Gasteiger partial charge on any atom is -0.497 e. The highest BCUT2D eigenvalue weighted by Crippen LogP contribution is 2.41. The summed E-state index contributed by atoms with van der Waals surface area (Å²) in [5, 5.41) is 0.179. The van der Waals surface area contributed by atoms with E-state index in [2.05, 4.69) is 0 Å². The lowest BCUT2D eigenvalue weighted by Gasteiger charge is -2.16. The fourth-order valence-electron chi connectivity index (χ4n) is 2.69. The summed E-state index contributed by atoms with van der Waals surface area (Å²) >= 11 is 12.6. The van der Waals surface area contributed by atoms with Crippen molar-refractivity contribution in [2.75, 3.05) is 7.11 Å². The molecule has 0 saturated heterocycles. The molecule has 0 aliphatic rings. The first-order chi connectivity index (χ1) is 12.3. The van der Waals surface area contributed by atoms with E-state index in [9.17, 15) is 13.6 Å². The quantitative estimate of drug-likeness (QED) is 0.601. The van der Waals surface area contributed by atoms with Gasteiger partial charge in [0.1, 0.15) is 22.4 Å². The van der Waals surface area contributed by atoms with Crippen LogP contribution in [0.25, 0.3) is 22.3 Å². The van der Waals surface area contributed by atoms with Gasteiger partial charge in [-0.25, -0.2) is 8.78 Å². The average Bonchev–Trinajstić information content (AvgIpc) is 2.61. The van der Waals surface area contributed by atoms with Crippen molar-refractivity contribution < 1.29 is 13.5 Å².